The van der Waals surface area contributed by atoms with Crippen LogP contribution < -0.4 is 5.32 Å². The summed E-state index contributed by atoms with van der Waals surface area (Å²) in [7, 11) is 0. The van der Waals surface area contributed by atoms with Crippen LogP contribution in [0.25, 0.3) is 0 Å². The second-order valence-corrected chi connectivity index (χ2v) is 6.49. The van der Waals surface area contributed by atoms with Crippen molar-refractivity contribution in [3.05, 3.63) is 66.0 Å². The fourth-order valence-corrected chi connectivity index (χ4v) is 3.08. The van der Waals surface area contributed by atoms with Gasteiger partial charge in [-0.25, -0.2) is 4.39 Å². The molecule has 0 saturated carbocycles. The van der Waals surface area contributed by atoms with Crippen molar-refractivity contribution in [1.29, 1.82) is 0 Å². The Morgan fingerprint density at radius 2 is 1.67 bits per heavy atom. The van der Waals surface area contributed by atoms with E-state index >= 15 is 0 Å². The van der Waals surface area contributed by atoms with Crippen molar-refractivity contribution >= 4 is 23.4 Å². The third kappa shape index (κ3) is 4.33. The summed E-state index contributed by atoms with van der Waals surface area (Å²) in [5.74, 6) is -0.605. The molecule has 0 saturated heterocycles. The van der Waals surface area contributed by atoms with E-state index in [1.54, 1.807) is 30.0 Å². The molecule has 2 rings (SSSR count). The van der Waals surface area contributed by atoms with Gasteiger partial charge in [0.2, 0.25) is 5.91 Å². The van der Waals surface area contributed by atoms with Gasteiger partial charge in [-0.1, -0.05) is 42.5 Å². The van der Waals surface area contributed by atoms with Crippen molar-refractivity contribution in [2.45, 2.75) is 24.3 Å². The zero-order valence-electron chi connectivity index (χ0n) is 12.0. The molecule has 0 aliphatic heterocycles. The minimum atomic E-state index is -0.417. The van der Waals surface area contributed by atoms with E-state index < -0.39 is 5.82 Å². The first kappa shape index (κ1) is 15.6. The van der Waals surface area contributed by atoms with E-state index in [2.05, 4.69) is 12.2 Å². The highest BCUT2D eigenvalue weighted by molar-refractivity contribution is 8.00. The first-order valence-corrected chi connectivity index (χ1v) is 7.78. The van der Waals surface area contributed by atoms with Gasteiger partial charge in [-0.05, 0) is 31.5 Å². The SMILES string of the molecule is C[C@H](S[C@H](C)C(=O)Nc1ccccc1F)c1ccccc1. The molecule has 0 aliphatic carbocycles. The van der Waals surface area contributed by atoms with E-state index in [1.807, 2.05) is 37.3 Å². The molecule has 2 aromatic rings. The van der Waals surface area contributed by atoms with Crippen molar-refractivity contribution in [3.63, 3.8) is 0 Å². The number of hydrogen-bond donors (Lipinski definition) is 1. The van der Waals surface area contributed by atoms with Crippen LogP contribution in [0.5, 0.6) is 0 Å². The predicted octanol–water partition coefficient (Wildman–Crippen LogP) is 4.65. The topological polar surface area (TPSA) is 29.1 Å². The molecular weight excluding hydrogens is 285 g/mol. The lowest BCUT2D eigenvalue weighted by Crippen LogP contribution is -2.23. The van der Waals surface area contributed by atoms with Crippen LogP contribution >= 0.6 is 11.8 Å². The highest BCUT2D eigenvalue weighted by Crippen LogP contribution is 2.32. The molecule has 0 aliphatic rings. The maximum Gasteiger partial charge on any atom is 0.237 e. The molecule has 2 atom stereocenters. The van der Waals surface area contributed by atoms with Gasteiger partial charge in [-0.3, -0.25) is 4.79 Å². The molecule has 4 heteroatoms. The third-order valence-corrected chi connectivity index (χ3v) is 4.48. The van der Waals surface area contributed by atoms with E-state index in [0.29, 0.717) is 0 Å². The fraction of sp³-hybridized carbons (Fsp3) is 0.235. The Hall–Kier alpha value is -1.81. The highest BCUT2D eigenvalue weighted by atomic mass is 32.2. The fourth-order valence-electron chi connectivity index (χ4n) is 1.97. The molecule has 1 N–H and O–H groups in total. The van der Waals surface area contributed by atoms with Crippen LogP contribution in [0.4, 0.5) is 10.1 Å². The summed E-state index contributed by atoms with van der Waals surface area (Å²) in [5.41, 5.74) is 1.40. The second kappa shape index (κ2) is 7.27. The van der Waals surface area contributed by atoms with E-state index in [9.17, 15) is 9.18 Å². The van der Waals surface area contributed by atoms with E-state index in [1.165, 1.54) is 11.6 Å². The molecule has 0 unspecified atom stereocenters. The van der Waals surface area contributed by atoms with Crippen molar-refractivity contribution in [3.8, 4) is 0 Å². The molecule has 0 heterocycles. The molecule has 0 spiro atoms. The summed E-state index contributed by atoms with van der Waals surface area (Å²) in [5, 5.41) is 2.57. The molecule has 0 fully saturated rings. The largest absolute Gasteiger partial charge is 0.323 e. The lowest BCUT2D eigenvalue weighted by molar-refractivity contribution is -0.115. The quantitative estimate of drug-likeness (QED) is 0.871. The number of hydrogen-bond acceptors (Lipinski definition) is 2. The Balaban J connectivity index is 1.95. The van der Waals surface area contributed by atoms with Gasteiger partial charge in [0.15, 0.2) is 0 Å². The van der Waals surface area contributed by atoms with Crippen molar-refractivity contribution in [2.24, 2.45) is 0 Å². The summed E-state index contributed by atoms with van der Waals surface area (Å²) >= 11 is 1.55. The Morgan fingerprint density at radius 3 is 2.33 bits per heavy atom. The van der Waals surface area contributed by atoms with Crippen LogP contribution in [0, 0.1) is 5.82 Å². The minimum absolute atomic E-state index is 0.187. The van der Waals surface area contributed by atoms with Crippen molar-refractivity contribution in [2.75, 3.05) is 5.32 Å². The van der Waals surface area contributed by atoms with Gasteiger partial charge < -0.3 is 5.32 Å². The monoisotopic (exact) mass is 303 g/mol. The Kier molecular flexibility index (Phi) is 5.39. The average Bonchev–Trinajstić information content (AvgIpc) is 2.50. The van der Waals surface area contributed by atoms with Crippen molar-refractivity contribution in [1.82, 2.24) is 0 Å². The lowest BCUT2D eigenvalue weighted by Gasteiger charge is -2.17. The number of nitrogens with one attached hydrogen (secondary N) is 1. The van der Waals surface area contributed by atoms with Crippen LogP contribution in [0.3, 0.4) is 0 Å². The molecule has 21 heavy (non-hydrogen) atoms. The molecule has 0 bridgehead atoms. The normalized spacial score (nSPS) is 13.5. The highest BCUT2D eigenvalue weighted by Gasteiger charge is 2.18. The van der Waals surface area contributed by atoms with Crippen LogP contribution in [0.1, 0.15) is 24.7 Å². The zero-order valence-corrected chi connectivity index (χ0v) is 12.9. The third-order valence-electron chi connectivity index (χ3n) is 3.18. The Bertz CT molecular complexity index is 603. The number of benzene rings is 2. The number of carbonyl (C=O) groups excluding carboxylic acids is 1. The Morgan fingerprint density at radius 1 is 1.05 bits per heavy atom. The molecule has 0 aromatic heterocycles. The maximum atomic E-state index is 13.5. The minimum Gasteiger partial charge on any atom is -0.323 e. The van der Waals surface area contributed by atoms with E-state index in [4.69, 9.17) is 0 Å². The molecule has 1 amide bonds. The molecular formula is C17H18FNOS. The standard InChI is InChI=1S/C17H18FNOS/c1-12(14-8-4-3-5-9-14)21-13(2)17(20)19-16-11-7-6-10-15(16)18/h3-13H,1-2H3,(H,19,20)/t12-,13+/m0/s1. The number of para-hydroxylation sites is 1. The second-order valence-electron chi connectivity index (χ2n) is 4.80. The number of amides is 1. The van der Waals surface area contributed by atoms with Gasteiger partial charge in [-0.15, -0.1) is 11.8 Å². The van der Waals surface area contributed by atoms with E-state index in [0.717, 1.165) is 0 Å². The smallest absolute Gasteiger partial charge is 0.237 e. The van der Waals surface area contributed by atoms with Gasteiger partial charge in [0.25, 0.3) is 0 Å². The number of anilines is 1. The Labute approximate surface area is 128 Å². The lowest BCUT2D eigenvalue weighted by atomic mass is 10.2. The summed E-state index contributed by atoms with van der Waals surface area (Å²) in [6.07, 6.45) is 0. The number of rotatable bonds is 5. The first-order chi connectivity index (χ1) is 10.1. The number of carbonyl (C=O) groups is 1. The van der Waals surface area contributed by atoms with Crippen LogP contribution in [-0.4, -0.2) is 11.2 Å². The van der Waals surface area contributed by atoms with Gasteiger partial charge in [-0.2, -0.15) is 0 Å². The summed E-state index contributed by atoms with van der Waals surface area (Å²) < 4.78 is 13.5. The molecule has 2 nitrogen and oxygen atoms in total. The van der Waals surface area contributed by atoms with Gasteiger partial charge in [0, 0.05) is 5.25 Å². The summed E-state index contributed by atoms with van der Waals surface area (Å²) in [6.45, 7) is 3.90. The maximum absolute atomic E-state index is 13.5. The number of thioether (sulfide) groups is 1. The number of halogens is 1. The molecule has 110 valence electrons. The van der Waals surface area contributed by atoms with E-state index in [-0.39, 0.29) is 22.1 Å². The van der Waals surface area contributed by atoms with Crippen LogP contribution in [0.15, 0.2) is 54.6 Å². The van der Waals surface area contributed by atoms with Crippen LogP contribution in [0.2, 0.25) is 0 Å². The first-order valence-electron chi connectivity index (χ1n) is 6.83. The van der Waals surface area contributed by atoms with Gasteiger partial charge in [0.1, 0.15) is 5.82 Å². The predicted molar refractivity (Wildman–Crippen MR) is 86.9 cm³/mol. The van der Waals surface area contributed by atoms with Crippen LogP contribution in [-0.2, 0) is 4.79 Å². The average molecular weight is 303 g/mol. The van der Waals surface area contributed by atoms with Crippen molar-refractivity contribution < 1.29 is 9.18 Å². The van der Waals surface area contributed by atoms with Gasteiger partial charge >= 0.3 is 0 Å². The summed E-state index contributed by atoms with van der Waals surface area (Å²) in [6, 6.07) is 16.2. The van der Waals surface area contributed by atoms with Gasteiger partial charge in [0.05, 0.1) is 10.9 Å². The zero-order chi connectivity index (χ0) is 15.2. The summed E-state index contributed by atoms with van der Waals surface area (Å²) in [4.78, 5) is 12.1. The molecule has 0 radical (unpaired) electrons. The molecule has 2 aromatic carbocycles.